The maximum absolute atomic E-state index is 15.2. The molecule has 2 aromatic rings. The number of nitrogens with one attached hydrogen (secondary N) is 1. The smallest absolute Gasteiger partial charge is 0.405 e. The summed E-state index contributed by atoms with van der Waals surface area (Å²) in [6, 6.07) is 6.89. The Balaban J connectivity index is 2.05. The van der Waals surface area contributed by atoms with Crippen LogP contribution in [0.15, 0.2) is 24.3 Å². The molecule has 0 saturated heterocycles. The topological polar surface area (TPSA) is 58.6 Å². The first-order chi connectivity index (χ1) is 13.6. The Hall–Kier alpha value is -2.56. The number of carbonyl (C=O) groups is 1. The number of carboxylic acid groups (broad SMARTS) is 1. The molecule has 2 aromatic carbocycles. The lowest BCUT2D eigenvalue weighted by Gasteiger charge is -2.40. The summed E-state index contributed by atoms with van der Waals surface area (Å²) in [4.78, 5) is 11.3. The highest BCUT2D eigenvalue weighted by Crippen LogP contribution is 2.45. The van der Waals surface area contributed by atoms with Crippen molar-refractivity contribution < 1.29 is 19.0 Å². The number of hydrogen-bond acceptors (Lipinski definition) is 2. The molecule has 0 radical (unpaired) electrons. The monoisotopic (exact) mass is 399 g/mol. The number of rotatable bonds is 5. The second kappa shape index (κ2) is 8.05. The van der Waals surface area contributed by atoms with E-state index in [4.69, 9.17) is 4.74 Å². The van der Waals surface area contributed by atoms with Gasteiger partial charge >= 0.3 is 6.09 Å². The molecule has 3 rings (SSSR count). The molecule has 1 unspecified atom stereocenters. The molecule has 29 heavy (non-hydrogen) atoms. The van der Waals surface area contributed by atoms with Gasteiger partial charge in [0, 0.05) is 5.56 Å². The van der Waals surface area contributed by atoms with Crippen LogP contribution in [-0.4, -0.2) is 17.8 Å². The van der Waals surface area contributed by atoms with Gasteiger partial charge in [0.2, 0.25) is 0 Å². The molecule has 4 nitrogen and oxygen atoms in total. The number of fused-ring (bicyclic) bond motifs is 1. The molecule has 1 atom stereocenters. The van der Waals surface area contributed by atoms with Crippen molar-refractivity contribution in [2.75, 3.05) is 6.61 Å². The fourth-order valence-corrected chi connectivity index (χ4v) is 4.30. The van der Waals surface area contributed by atoms with Crippen LogP contribution >= 0.6 is 0 Å². The van der Waals surface area contributed by atoms with Gasteiger partial charge in [-0.25, -0.2) is 9.18 Å². The third kappa shape index (κ3) is 4.24. The van der Waals surface area contributed by atoms with E-state index in [1.807, 2.05) is 45.9 Å². The minimum atomic E-state index is -1.09. The van der Waals surface area contributed by atoms with Crippen molar-refractivity contribution in [3.8, 4) is 16.9 Å². The van der Waals surface area contributed by atoms with Crippen molar-refractivity contribution >= 4 is 6.09 Å². The Bertz CT molecular complexity index is 913. The summed E-state index contributed by atoms with van der Waals surface area (Å²) in [7, 11) is 0. The van der Waals surface area contributed by atoms with E-state index in [-0.39, 0.29) is 11.2 Å². The molecule has 0 spiro atoms. The third-order valence-electron chi connectivity index (χ3n) is 5.85. The second-order valence-electron chi connectivity index (χ2n) is 8.69. The van der Waals surface area contributed by atoms with Gasteiger partial charge in [-0.2, -0.15) is 0 Å². The Morgan fingerprint density at radius 3 is 2.48 bits per heavy atom. The standard InChI is InChI=1S/C24H30FNO3/c1-6-9-29-21-14(2)10-17(11-15(21)3)18-12-16-7-8-24(4,5)22(26-23(27)28)19(16)13-20(18)25/h10-13,22,26H,6-9H2,1-5H3,(H,27,28). The second-order valence-corrected chi connectivity index (χ2v) is 8.69. The highest BCUT2D eigenvalue weighted by molar-refractivity contribution is 5.70. The zero-order valence-corrected chi connectivity index (χ0v) is 17.9. The van der Waals surface area contributed by atoms with Crippen LogP contribution in [0.25, 0.3) is 11.1 Å². The maximum atomic E-state index is 15.2. The minimum Gasteiger partial charge on any atom is -0.493 e. The van der Waals surface area contributed by atoms with E-state index in [0.29, 0.717) is 12.2 Å². The van der Waals surface area contributed by atoms with E-state index in [0.717, 1.165) is 52.8 Å². The van der Waals surface area contributed by atoms with Crippen LogP contribution in [0.2, 0.25) is 0 Å². The number of halogens is 1. The summed E-state index contributed by atoms with van der Waals surface area (Å²) >= 11 is 0. The van der Waals surface area contributed by atoms with Crippen molar-refractivity contribution in [2.24, 2.45) is 5.41 Å². The van der Waals surface area contributed by atoms with Gasteiger partial charge in [0.1, 0.15) is 11.6 Å². The summed E-state index contributed by atoms with van der Waals surface area (Å²) < 4.78 is 21.0. The van der Waals surface area contributed by atoms with Crippen molar-refractivity contribution in [2.45, 2.75) is 59.9 Å². The first-order valence-electron chi connectivity index (χ1n) is 10.2. The van der Waals surface area contributed by atoms with Gasteiger partial charge in [-0.1, -0.05) is 20.8 Å². The number of amides is 1. The highest BCUT2D eigenvalue weighted by Gasteiger charge is 2.37. The number of benzene rings is 2. The summed E-state index contributed by atoms with van der Waals surface area (Å²) in [5.41, 5.74) is 4.80. The largest absolute Gasteiger partial charge is 0.493 e. The van der Waals surface area contributed by atoms with Crippen LogP contribution in [0.4, 0.5) is 9.18 Å². The molecule has 0 aromatic heterocycles. The first kappa shape index (κ1) is 21.2. The molecule has 0 aliphatic heterocycles. The molecule has 0 heterocycles. The van der Waals surface area contributed by atoms with Crippen LogP contribution in [-0.2, 0) is 6.42 Å². The Morgan fingerprint density at radius 1 is 1.24 bits per heavy atom. The van der Waals surface area contributed by atoms with Gasteiger partial charge in [-0.3, -0.25) is 0 Å². The molecule has 0 fully saturated rings. The number of aryl methyl sites for hydroxylation is 3. The van der Waals surface area contributed by atoms with Crippen LogP contribution in [0.3, 0.4) is 0 Å². The molecule has 1 aliphatic carbocycles. The molecular formula is C24H30FNO3. The molecule has 1 amide bonds. The molecule has 2 N–H and O–H groups in total. The van der Waals surface area contributed by atoms with Crippen molar-refractivity contribution in [3.05, 3.63) is 52.3 Å². The van der Waals surface area contributed by atoms with Crippen molar-refractivity contribution in [1.29, 1.82) is 0 Å². The van der Waals surface area contributed by atoms with E-state index in [1.54, 1.807) is 0 Å². The van der Waals surface area contributed by atoms with E-state index in [1.165, 1.54) is 6.07 Å². The molecule has 0 saturated carbocycles. The van der Waals surface area contributed by atoms with Gasteiger partial charge in [-0.05, 0) is 90.6 Å². The zero-order chi connectivity index (χ0) is 21.3. The number of hydrogen-bond donors (Lipinski definition) is 2. The van der Waals surface area contributed by atoms with Crippen LogP contribution in [0, 0.1) is 25.1 Å². The lowest BCUT2D eigenvalue weighted by molar-refractivity contribution is 0.161. The predicted molar refractivity (Wildman–Crippen MR) is 113 cm³/mol. The lowest BCUT2D eigenvalue weighted by atomic mass is 9.70. The molecular weight excluding hydrogens is 369 g/mol. The van der Waals surface area contributed by atoms with Gasteiger partial charge in [0.05, 0.1) is 12.6 Å². The van der Waals surface area contributed by atoms with Crippen LogP contribution < -0.4 is 10.1 Å². The average Bonchev–Trinajstić information content (AvgIpc) is 2.63. The van der Waals surface area contributed by atoms with Crippen molar-refractivity contribution in [3.63, 3.8) is 0 Å². The molecule has 5 heteroatoms. The summed E-state index contributed by atoms with van der Waals surface area (Å²) in [6.07, 6.45) is 1.47. The Morgan fingerprint density at radius 2 is 1.90 bits per heavy atom. The van der Waals surface area contributed by atoms with Crippen molar-refractivity contribution in [1.82, 2.24) is 5.32 Å². The summed E-state index contributed by atoms with van der Waals surface area (Å²) in [5.74, 6) is 0.529. The normalized spacial score (nSPS) is 17.5. The quantitative estimate of drug-likeness (QED) is 0.631. The third-order valence-corrected chi connectivity index (χ3v) is 5.85. The SMILES string of the molecule is CCCOc1c(C)cc(-c2cc3c(cc2F)C(NC(=O)O)C(C)(C)CC3)cc1C. The van der Waals surface area contributed by atoms with Crippen LogP contribution in [0.1, 0.15) is 61.9 Å². The first-order valence-corrected chi connectivity index (χ1v) is 10.2. The molecule has 0 bridgehead atoms. The van der Waals surface area contributed by atoms with E-state index in [9.17, 15) is 9.90 Å². The fraction of sp³-hybridized carbons (Fsp3) is 0.458. The number of ether oxygens (including phenoxy) is 1. The highest BCUT2D eigenvalue weighted by atomic mass is 19.1. The Kier molecular flexibility index (Phi) is 5.87. The van der Waals surface area contributed by atoms with Gasteiger partial charge in [-0.15, -0.1) is 0 Å². The fourth-order valence-electron chi connectivity index (χ4n) is 4.30. The predicted octanol–water partition coefficient (Wildman–Crippen LogP) is 6.18. The van der Waals surface area contributed by atoms with Gasteiger partial charge in [0.15, 0.2) is 0 Å². The zero-order valence-electron chi connectivity index (χ0n) is 17.9. The van der Waals surface area contributed by atoms with E-state index < -0.39 is 12.1 Å². The van der Waals surface area contributed by atoms with Gasteiger partial charge < -0.3 is 15.2 Å². The average molecular weight is 400 g/mol. The van der Waals surface area contributed by atoms with E-state index >= 15 is 4.39 Å². The Labute approximate surface area is 172 Å². The van der Waals surface area contributed by atoms with Crippen LogP contribution in [0.5, 0.6) is 5.75 Å². The lowest BCUT2D eigenvalue weighted by Crippen LogP contribution is -2.40. The summed E-state index contributed by atoms with van der Waals surface area (Å²) in [5, 5.41) is 11.9. The minimum absolute atomic E-state index is 0.273. The maximum Gasteiger partial charge on any atom is 0.405 e. The summed E-state index contributed by atoms with van der Waals surface area (Å²) in [6.45, 7) is 10.7. The molecule has 156 valence electrons. The van der Waals surface area contributed by atoms with E-state index in [2.05, 4.69) is 12.2 Å². The van der Waals surface area contributed by atoms with Gasteiger partial charge in [0.25, 0.3) is 0 Å². The molecule has 1 aliphatic rings.